The first kappa shape index (κ1) is 23.5. The van der Waals surface area contributed by atoms with Gasteiger partial charge in [-0.25, -0.2) is 4.98 Å². The van der Waals surface area contributed by atoms with E-state index in [0.717, 1.165) is 56.8 Å². The van der Waals surface area contributed by atoms with Crippen LogP contribution in [-0.2, 0) is 0 Å². The second kappa shape index (κ2) is 8.28. The molecule has 0 aromatic carbocycles. The molecule has 6 atom stereocenters. The Morgan fingerprint density at radius 2 is 2.00 bits per heavy atom. The van der Waals surface area contributed by atoms with Crippen molar-refractivity contribution in [1.82, 2.24) is 9.97 Å². The highest BCUT2D eigenvalue weighted by atomic mass is 16.3. The summed E-state index contributed by atoms with van der Waals surface area (Å²) in [5.74, 6) is 2.68. The molecular weight excluding hydrogens is 398 g/mol. The Hall–Kier alpha value is -1.66. The third-order valence-corrected chi connectivity index (χ3v) is 10.0. The Balaban J connectivity index is 1.48. The monoisotopic (exact) mass is 442 g/mol. The van der Waals surface area contributed by atoms with E-state index in [-0.39, 0.29) is 10.8 Å². The van der Waals surface area contributed by atoms with Crippen LogP contribution in [0.2, 0.25) is 0 Å². The Morgan fingerprint density at radius 1 is 1.25 bits per heavy atom. The maximum absolute atomic E-state index is 12.2. The minimum atomic E-state index is -0.568. The summed E-state index contributed by atoms with van der Waals surface area (Å²) in [7, 11) is 2.12. The fourth-order valence-electron chi connectivity index (χ4n) is 7.20. The van der Waals surface area contributed by atoms with Gasteiger partial charge in [0.1, 0.15) is 6.33 Å². The van der Waals surface area contributed by atoms with Crippen LogP contribution in [0.25, 0.3) is 0 Å². The lowest BCUT2D eigenvalue weighted by Crippen LogP contribution is -3.03. The number of allylic oxidation sites excluding steroid dienone is 1. The minimum Gasteiger partial charge on any atom is -0.389 e. The summed E-state index contributed by atoms with van der Waals surface area (Å²) in [5, 5.41) is 12.2. The van der Waals surface area contributed by atoms with Gasteiger partial charge in [-0.2, -0.15) is 4.98 Å². The molecule has 2 heterocycles. The van der Waals surface area contributed by atoms with Crippen LogP contribution in [0.15, 0.2) is 18.0 Å². The summed E-state index contributed by atoms with van der Waals surface area (Å²) in [6, 6.07) is 0. The summed E-state index contributed by atoms with van der Waals surface area (Å²) in [5.41, 5.74) is 7.95. The lowest BCUT2D eigenvalue weighted by atomic mass is 9.42. The number of aromatic nitrogens is 2. The predicted molar refractivity (Wildman–Crippen MR) is 131 cm³/mol. The van der Waals surface area contributed by atoms with Crippen molar-refractivity contribution < 1.29 is 10.0 Å². The van der Waals surface area contributed by atoms with Crippen molar-refractivity contribution in [2.24, 2.45) is 22.7 Å². The molecule has 0 amide bonds. The third-order valence-electron chi connectivity index (χ3n) is 10.0. The molecule has 1 aromatic heterocycles. The average molecular weight is 443 g/mol. The van der Waals surface area contributed by atoms with E-state index in [0.29, 0.717) is 17.7 Å². The summed E-state index contributed by atoms with van der Waals surface area (Å²) in [6.45, 7) is 13.4. The van der Waals surface area contributed by atoms with Crippen molar-refractivity contribution in [3.8, 4) is 0 Å². The molecule has 4 N–H and O–H groups in total. The number of fused-ring (bicyclic) bond motifs is 2. The number of nitrogens with zero attached hydrogens (tertiary/aromatic N) is 3. The van der Waals surface area contributed by atoms with Gasteiger partial charge in [-0.05, 0) is 68.1 Å². The van der Waals surface area contributed by atoms with Gasteiger partial charge in [0.15, 0.2) is 18.2 Å². The number of hydrogen-bond donors (Lipinski definition) is 3. The van der Waals surface area contributed by atoms with Crippen LogP contribution in [0.5, 0.6) is 0 Å². The van der Waals surface area contributed by atoms with E-state index >= 15 is 0 Å². The van der Waals surface area contributed by atoms with E-state index in [2.05, 4.69) is 62.6 Å². The number of aliphatic hydroxyl groups is 1. The zero-order valence-electron chi connectivity index (χ0n) is 21.0. The van der Waals surface area contributed by atoms with E-state index in [1.807, 2.05) is 0 Å². The molecule has 0 bridgehead atoms. The summed E-state index contributed by atoms with van der Waals surface area (Å²) >= 11 is 0. The standard InChI is InChI=1S/C26H43N5O/c1-18(11-15-31-17-30(6)23-21(31)22(27)28-16-29-23)9-13-24(4)20(3)10-14-25(5)19(2)8-7-12-26(24,25)32/h11,16,19-20,32H,7-10,12-15,17H2,1-6H3,(H2,27,28,29)/p+1. The van der Waals surface area contributed by atoms with E-state index in [1.165, 1.54) is 23.3 Å². The molecule has 2 fully saturated rings. The number of nitrogens with two attached hydrogens (primary N) is 1. The van der Waals surface area contributed by atoms with Crippen molar-refractivity contribution in [2.75, 3.05) is 30.9 Å². The molecule has 1 aromatic rings. The molecule has 32 heavy (non-hydrogen) atoms. The molecule has 0 spiro atoms. The number of nitrogens with one attached hydrogen (secondary N) is 1. The Morgan fingerprint density at radius 3 is 2.75 bits per heavy atom. The molecule has 0 radical (unpaired) electrons. The zero-order chi connectivity index (χ0) is 23.3. The molecule has 0 saturated heterocycles. The summed E-state index contributed by atoms with van der Waals surface area (Å²) in [6.07, 6.45) is 11.7. The number of rotatable bonds is 5. The highest BCUT2D eigenvalue weighted by molar-refractivity contribution is 5.73. The van der Waals surface area contributed by atoms with Gasteiger partial charge in [-0.15, -0.1) is 0 Å². The third kappa shape index (κ3) is 3.45. The fourth-order valence-corrected chi connectivity index (χ4v) is 7.20. The molecule has 3 aliphatic rings. The van der Waals surface area contributed by atoms with Crippen LogP contribution in [-0.4, -0.2) is 40.9 Å². The second-order valence-corrected chi connectivity index (χ2v) is 11.6. The van der Waals surface area contributed by atoms with E-state index in [4.69, 9.17) is 5.73 Å². The quantitative estimate of drug-likeness (QED) is 0.606. The molecular formula is C26H44N5O+. The smallest absolute Gasteiger partial charge is 0.256 e. The summed E-state index contributed by atoms with van der Waals surface area (Å²) in [4.78, 5) is 12.2. The maximum atomic E-state index is 12.2. The number of hydrogen-bond acceptors (Lipinski definition) is 5. The molecule has 2 aliphatic carbocycles. The Labute approximate surface area is 194 Å². The highest BCUT2D eigenvalue weighted by Gasteiger charge is 2.64. The van der Waals surface area contributed by atoms with Gasteiger partial charge in [0, 0.05) is 6.54 Å². The topological polar surface area (TPSA) is 79.7 Å². The molecule has 178 valence electrons. The first-order chi connectivity index (χ1) is 15.0. The predicted octanol–water partition coefficient (Wildman–Crippen LogP) is 3.70. The SMILES string of the molecule is CC(=CCN1C[NH+](C)c2ncnc(N)c21)CCC1(C)C(C)CCC2(C)C(C)CCCC12O. The van der Waals surface area contributed by atoms with E-state index in [1.54, 1.807) is 6.33 Å². The molecule has 4 rings (SSSR count). The highest BCUT2D eigenvalue weighted by Crippen LogP contribution is 2.65. The molecule has 6 nitrogen and oxygen atoms in total. The van der Waals surface area contributed by atoms with Crippen molar-refractivity contribution in [3.63, 3.8) is 0 Å². The fraction of sp³-hybridized carbons (Fsp3) is 0.769. The van der Waals surface area contributed by atoms with Gasteiger partial charge in [0.2, 0.25) is 0 Å². The van der Waals surface area contributed by atoms with Crippen LogP contribution in [0, 0.1) is 22.7 Å². The van der Waals surface area contributed by atoms with Crippen LogP contribution in [0.3, 0.4) is 0 Å². The zero-order valence-corrected chi connectivity index (χ0v) is 21.0. The number of anilines is 2. The first-order valence-corrected chi connectivity index (χ1v) is 12.6. The number of nitrogen functional groups attached to an aromatic ring is 1. The van der Waals surface area contributed by atoms with Crippen molar-refractivity contribution in [1.29, 1.82) is 0 Å². The first-order valence-electron chi connectivity index (χ1n) is 12.6. The molecule has 1 aliphatic heterocycles. The lowest BCUT2D eigenvalue weighted by molar-refractivity contribution is -0.805. The van der Waals surface area contributed by atoms with Gasteiger partial charge in [0.25, 0.3) is 5.82 Å². The average Bonchev–Trinajstić information content (AvgIpc) is 3.08. The lowest BCUT2D eigenvalue weighted by Gasteiger charge is -2.65. The van der Waals surface area contributed by atoms with Crippen LogP contribution >= 0.6 is 0 Å². The minimum absolute atomic E-state index is 0.0360. The van der Waals surface area contributed by atoms with Gasteiger partial charge in [-0.1, -0.05) is 45.8 Å². The van der Waals surface area contributed by atoms with Gasteiger partial charge in [-0.3, -0.25) is 4.90 Å². The van der Waals surface area contributed by atoms with Crippen LogP contribution in [0.1, 0.15) is 79.6 Å². The maximum Gasteiger partial charge on any atom is 0.256 e. The Kier molecular flexibility index (Phi) is 6.08. The Bertz CT molecular complexity index is 887. The van der Waals surface area contributed by atoms with Crippen LogP contribution in [0.4, 0.5) is 17.3 Å². The van der Waals surface area contributed by atoms with E-state index in [9.17, 15) is 5.11 Å². The van der Waals surface area contributed by atoms with Gasteiger partial charge in [0.05, 0.1) is 12.6 Å². The molecule has 2 saturated carbocycles. The number of quaternary nitrogens is 1. The van der Waals surface area contributed by atoms with Crippen molar-refractivity contribution in [2.45, 2.75) is 85.2 Å². The van der Waals surface area contributed by atoms with Crippen molar-refractivity contribution in [3.05, 3.63) is 18.0 Å². The largest absolute Gasteiger partial charge is 0.389 e. The summed E-state index contributed by atoms with van der Waals surface area (Å²) < 4.78 is 0. The second-order valence-electron chi connectivity index (χ2n) is 11.6. The molecule has 6 heteroatoms. The van der Waals surface area contributed by atoms with Crippen molar-refractivity contribution >= 4 is 17.3 Å². The van der Waals surface area contributed by atoms with Gasteiger partial charge >= 0.3 is 0 Å². The van der Waals surface area contributed by atoms with Gasteiger partial charge < -0.3 is 15.7 Å². The normalized spacial score (nSPS) is 39.7. The molecule has 6 unspecified atom stereocenters. The van der Waals surface area contributed by atoms with E-state index < -0.39 is 5.60 Å². The van der Waals surface area contributed by atoms with Crippen LogP contribution < -0.4 is 15.5 Å².